The number of imidazole rings is 1. The zero-order chi connectivity index (χ0) is 14.4. The van der Waals surface area contributed by atoms with Crippen molar-refractivity contribution in [1.82, 2.24) is 9.55 Å². The summed E-state index contributed by atoms with van der Waals surface area (Å²) in [7, 11) is 3.30. The molecule has 0 fully saturated rings. The Balaban J connectivity index is 2.19. The highest BCUT2D eigenvalue weighted by Gasteiger charge is 2.08. The third-order valence-electron chi connectivity index (χ3n) is 3.07. The first kappa shape index (κ1) is 14.4. The van der Waals surface area contributed by atoms with Crippen LogP contribution in [0.25, 0.3) is 0 Å². The number of nitrogens with zero attached hydrogens (tertiary/aromatic N) is 2. The molecule has 5 nitrogen and oxygen atoms in total. The molecule has 1 aromatic carbocycles. The van der Waals surface area contributed by atoms with Crippen LogP contribution in [0.2, 0.25) is 0 Å². The highest BCUT2D eigenvalue weighted by Crippen LogP contribution is 2.25. The van der Waals surface area contributed by atoms with Gasteiger partial charge in [0.15, 0.2) is 0 Å². The van der Waals surface area contributed by atoms with Gasteiger partial charge in [-0.05, 0) is 19.1 Å². The number of aromatic nitrogens is 2. The predicted octanol–water partition coefficient (Wildman–Crippen LogP) is 2.49. The van der Waals surface area contributed by atoms with Crippen molar-refractivity contribution in [1.29, 1.82) is 0 Å². The third-order valence-corrected chi connectivity index (χ3v) is 3.07. The molecule has 0 saturated carbocycles. The maximum absolute atomic E-state index is 5.41. The average molecular weight is 276 g/mol. The summed E-state index contributed by atoms with van der Waals surface area (Å²) >= 11 is 0. The van der Waals surface area contributed by atoms with Crippen molar-refractivity contribution in [3.8, 4) is 11.5 Å². The highest BCUT2D eigenvalue weighted by atomic mass is 16.5. The van der Waals surface area contributed by atoms with Gasteiger partial charge < -0.3 is 18.8 Å². The zero-order valence-electron chi connectivity index (χ0n) is 12.1. The lowest BCUT2D eigenvalue weighted by Crippen LogP contribution is -2.07. The molecule has 0 saturated heterocycles. The second-order valence-electron chi connectivity index (χ2n) is 4.29. The molecule has 0 radical (unpaired) electrons. The van der Waals surface area contributed by atoms with Gasteiger partial charge >= 0.3 is 0 Å². The largest absolute Gasteiger partial charge is 0.497 e. The van der Waals surface area contributed by atoms with Crippen molar-refractivity contribution in [2.75, 3.05) is 20.8 Å². The van der Waals surface area contributed by atoms with E-state index in [0.29, 0.717) is 19.8 Å². The fourth-order valence-electron chi connectivity index (χ4n) is 1.98. The standard InChI is InChI=1S/C15H20N2O3/c1-4-20-11-15-16-7-8-17(15)10-12-5-6-13(18-2)9-14(12)19-3/h5-9H,4,10-11H2,1-3H3. The molecule has 0 unspecified atom stereocenters. The van der Waals surface area contributed by atoms with Gasteiger partial charge in [0.1, 0.15) is 23.9 Å². The van der Waals surface area contributed by atoms with Gasteiger partial charge in [-0.1, -0.05) is 0 Å². The van der Waals surface area contributed by atoms with Crippen molar-refractivity contribution >= 4 is 0 Å². The molecule has 0 aliphatic carbocycles. The van der Waals surface area contributed by atoms with Crippen LogP contribution >= 0.6 is 0 Å². The van der Waals surface area contributed by atoms with Crippen LogP contribution in [0.3, 0.4) is 0 Å². The van der Waals surface area contributed by atoms with Crippen LogP contribution in [0.4, 0.5) is 0 Å². The summed E-state index contributed by atoms with van der Waals surface area (Å²) in [5.74, 6) is 2.50. The molecule has 2 rings (SSSR count). The number of rotatable bonds is 7. The molecule has 0 amide bonds. The van der Waals surface area contributed by atoms with Crippen LogP contribution in [0.5, 0.6) is 11.5 Å². The predicted molar refractivity (Wildman–Crippen MR) is 76.2 cm³/mol. The van der Waals surface area contributed by atoms with Gasteiger partial charge in [-0.25, -0.2) is 4.98 Å². The Morgan fingerprint density at radius 2 is 2.05 bits per heavy atom. The van der Waals surface area contributed by atoms with Crippen LogP contribution in [0.15, 0.2) is 30.6 Å². The van der Waals surface area contributed by atoms with Gasteiger partial charge in [-0.15, -0.1) is 0 Å². The molecule has 2 aromatic rings. The Kier molecular flexibility index (Phi) is 5.01. The molecular formula is C15H20N2O3. The van der Waals surface area contributed by atoms with Gasteiger partial charge in [-0.2, -0.15) is 0 Å². The number of hydrogen-bond acceptors (Lipinski definition) is 4. The van der Waals surface area contributed by atoms with E-state index < -0.39 is 0 Å². The van der Waals surface area contributed by atoms with Gasteiger partial charge in [-0.3, -0.25) is 0 Å². The normalized spacial score (nSPS) is 10.6. The molecule has 20 heavy (non-hydrogen) atoms. The Morgan fingerprint density at radius 3 is 2.75 bits per heavy atom. The summed E-state index contributed by atoms with van der Waals surface area (Å²) < 4.78 is 18.1. The minimum Gasteiger partial charge on any atom is -0.497 e. The van der Waals surface area contributed by atoms with E-state index in [2.05, 4.69) is 9.55 Å². The van der Waals surface area contributed by atoms with Crippen molar-refractivity contribution in [2.24, 2.45) is 0 Å². The minimum atomic E-state index is 0.516. The monoisotopic (exact) mass is 276 g/mol. The van der Waals surface area contributed by atoms with E-state index >= 15 is 0 Å². The Bertz CT molecular complexity index is 552. The lowest BCUT2D eigenvalue weighted by Gasteiger charge is -2.12. The van der Waals surface area contributed by atoms with Crippen molar-refractivity contribution in [3.05, 3.63) is 42.0 Å². The van der Waals surface area contributed by atoms with Crippen LogP contribution < -0.4 is 9.47 Å². The lowest BCUT2D eigenvalue weighted by atomic mass is 10.2. The summed E-state index contributed by atoms with van der Waals surface area (Å²) in [5, 5.41) is 0. The maximum Gasteiger partial charge on any atom is 0.135 e. The lowest BCUT2D eigenvalue weighted by molar-refractivity contribution is 0.126. The summed E-state index contributed by atoms with van der Waals surface area (Å²) in [6, 6.07) is 5.81. The summed E-state index contributed by atoms with van der Waals surface area (Å²) in [6.45, 7) is 3.86. The Hall–Kier alpha value is -2.01. The molecule has 0 spiro atoms. The number of benzene rings is 1. The SMILES string of the molecule is CCOCc1nccn1Cc1ccc(OC)cc1OC. The molecule has 0 aliphatic rings. The Morgan fingerprint density at radius 1 is 1.20 bits per heavy atom. The van der Waals surface area contributed by atoms with E-state index in [1.165, 1.54) is 0 Å². The fourth-order valence-corrected chi connectivity index (χ4v) is 1.98. The van der Waals surface area contributed by atoms with Gasteiger partial charge in [0.25, 0.3) is 0 Å². The Labute approximate surface area is 119 Å². The van der Waals surface area contributed by atoms with E-state index in [0.717, 1.165) is 22.9 Å². The maximum atomic E-state index is 5.41. The smallest absolute Gasteiger partial charge is 0.135 e. The summed E-state index contributed by atoms with van der Waals surface area (Å²) in [4.78, 5) is 4.31. The van der Waals surface area contributed by atoms with Gasteiger partial charge in [0.05, 0.1) is 20.8 Å². The highest BCUT2D eigenvalue weighted by molar-refractivity contribution is 5.40. The van der Waals surface area contributed by atoms with E-state index in [4.69, 9.17) is 14.2 Å². The first-order valence-electron chi connectivity index (χ1n) is 6.57. The van der Waals surface area contributed by atoms with E-state index in [1.54, 1.807) is 20.4 Å². The van der Waals surface area contributed by atoms with E-state index in [9.17, 15) is 0 Å². The molecular weight excluding hydrogens is 256 g/mol. The number of hydrogen-bond donors (Lipinski definition) is 0. The van der Waals surface area contributed by atoms with Crippen LogP contribution in [0, 0.1) is 0 Å². The third kappa shape index (κ3) is 3.30. The molecule has 108 valence electrons. The first-order chi connectivity index (χ1) is 9.78. The molecule has 0 bridgehead atoms. The first-order valence-corrected chi connectivity index (χ1v) is 6.57. The van der Waals surface area contributed by atoms with Gasteiger partial charge in [0.2, 0.25) is 0 Å². The summed E-state index contributed by atoms with van der Waals surface area (Å²) in [6.07, 6.45) is 3.72. The number of ether oxygens (including phenoxy) is 3. The van der Waals surface area contributed by atoms with Crippen molar-refractivity contribution < 1.29 is 14.2 Å². The van der Waals surface area contributed by atoms with Crippen LogP contribution in [0.1, 0.15) is 18.3 Å². The second-order valence-corrected chi connectivity index (χ2v) is 4.29. The molecule has 0 N–H and O–H groups in total. The molecule has 1 heterocycles. The zero-order valence-corrected chi connectivity index (χ0v) is 12.1. The minimum absolute atomic E-state index is 0.516. The fraction of sp³-hybridized carbons (Fsp3) is 0.400. The quantitative estimate of drug-likeness (QED) is 0.779. The number of methoxy groups -OCH3 is 2. The molecule has 0 atom stereocenters. The topological polar surface area (TPSA) is 45.5 Å². The van der Waals surface area contributed by atoms with Crippen molar-refractivity contribution in [2.45, 2.75) is 20.1 Å². The second kappa shape index (κ2) is 6.96. The van der Waals surface area contributed by atoms with Gasteiger partial charge in [0, 0.05) is 30.6 Å². The molecule has 5 heteroatoms. The average Bonchev–Trinajstić information content (AvgIpc) is 2.92. The molecule has 0 aliphatic heterocycles. The van der Waals surface area contributed by atoms with Crippen LogP contribution in [-0.2, 0) is 17.9 Å². The van der Waals surface area contributed by atoms with E-state index in [-0.39, 0.29) is 0 Å². The van der Waals surface area contributed by atoms with Crippen LogP contribution in [-0.4, -0.2) is 30.4 Å². The van der Waals surface area contributed by atoms with E-state index in [1.807, 2.05) is 31.3 Å². The molecule has 1 aromatic heterocycles. The van der Waals surface area contributed by atoms with Crippen molar-refractivity contribution in [3.63, 3.8) is 0 Å². The summed E-state index contributed by atoms with van der Waals surface area (Å²) in [5.41, 5.74) is 1.07.